The summed E-state index contributed by atoms with van der Waals surface area (Å²) in [6.07, 6.45) is 0.735. The first-order valence-electron chi connectivity index (χ1n) is 9.19. The maximum Gasteiger partial charge on any atom is 0.322 e. The second kappa shape index (κ2) is 8.84. The molecule has 2 aromatic carbocycles. The fourth-order valence-corrected chi connectivity index (χ4v) is 3.09. The van der Waals surface area contributed by atoms with Crippen molar-refractivity contribution < 1.29 is 18.7 Å². The summed E-state index contributed by atoms with van der Waals surface area (Å²) in [5, 5.41) is 5.72. The predicted molar refractivity (Wildman–Crippen MR) is 105 cm³/mol. The van der Waals surface area contributed by atoms with E-state index in [1.165, 1.54) is 12.1 Å². The maximum atomic E-state index is 13.3. The highest BCUT2D eigenvalue weighted by atomic mass is 19.1. The van der Waals surface area contributed by atoms with E-state index in [-0.39, 0.29) is 23.8 Å². The molecule has 3 amide bonds. The number of hydrogen-bond acceptors (Lipinski definition) is 3. The van der Waals surface area contributed by atoms with E-state index in [4.69, 9.17) is 4.74 Å². The summed E-state index contributed by atoms with van der Waals surface area (Å²) in [6, 6.07) is 11.0. The standard InChI is InChI=1S/C21H24FN3O3/c1-14(9-10-28-2)23-20(26)15-4-7-19(8-5-15)24-21(27)25-12-16-3-6-18(22)11-17(16)13-25/h3-8,11,14H,9-10,12-13H2,1-2H3,(H,23,26)(H,24,27). The number of carbonyl (C=O) groups is 2. The minimum atomic E-state index is -0.300. The van der Waals surface area contributed by atoms with Crippen LogP contribution in [0.15, 0.2) is 42.5 Å². The second-order valence-electron chi connectivity index (χ2n) is 6.93. The van der Waals surface area contributed by atoms with Crippen molar-refractivity contribution in [3.05, 3.63) is 65.0 Å². The van der Waals surface area contributed by atoms with Gasteiger partial charge in [-0.3, -0.25) is 4.79 Å². The monoisotopic (exact) mass is 385 g/mol. The molecule has 1 aliphatic rings. The fourth-order valence-electron chi connectivity index (χ4n) is 3.09. The van der Waals surface area contributed by atoms with Gasteiger partial charge in [-0.2, -0.15) is 0 Å². The third-order valence-corrected chi connectivity index (χ3v) is 4.71. The van der Waals surface area contributed by atoms with E-state index in [1.54, 1.807) is 42.3 Å². The predicted octanol–water partition coefficient (Wildman–Crippen LogP) is 3.53. The molecule has 0 radical (unpaired) electrons. The Morgan fingerprint density at radius 2 is 1.86 bits per heavy atom. The molecule has 0 aromatic heterocycles. The Kier molecular flexibility index (Phi) is 6.26. The molecule has 148 valence electrons. The molecule has 0 saturated carbocycles. The molecule has 6 nitrogen and oxygen atoms in total. The van der Waals surface area contributed by atoms with Gasteiger partial charge in [0.05, 0.1) is 0 Å². The van der Waals surface area contributed by atoms with Gasteiger partial charge in [0.2, 0.25) is 0 Å². The van der Waals surface area contributed by atoms with Crippen LogP contribution in [-0.2, 0) is 17.8 Å². The zero-order valence-electron chi connectivity index (χ0n) is 16.0. The molecule has 2 aromatic rings. The zero-order valence-corrected chi connectivity index (χ0v) is 16.0. The van der Waals surface area contributed by atoms with Crippen LogP contribution < -0.4 is 10.6 Å². The van der Waals surface area contributed by atoms with E-state index in [9.17, 15) is 14.0 Å². The first-order chi connectivity index (χ1) is 13.5. The molecule has 1 unspecified atom stereocenters. The molecule has 1 atom stereocenters. The zero-order chi connectivity index (χ0) is 20.1. The fraction of sp³-hybridized carbons (Fsp3) is 0.333. The van der Waals surface area contributed by atoms with E-state index in [0.29, 0.717) is 30.9 Å². The summed E-state index contributed by atoms with van der Waals surface area (Å²) in [5.41, 5.74) is 2.89. The van der Waals surface area contributed by atoms with Gasteiger partial charge >= 0.3 is 6.03 Å². The van der Waals surface area contributed by atoms with Gasteiger partial charge in [-0.25, -0.2) is 9.18 Å². The number of rotatable bonds is 6. The normalized spacial score (nSPS) is 13.8. The third-order valence-electron chi connectivity index (χ3n) is 4.71. The van der Waals surface area contributed by atoms with Gasteiger partial charge in [0.15, 0.2) is 0 Å². The van der Waals surface area contributed by atoms with Crippen molar-refractivity contribution in [1.29, 1.82) is 0 Å². The van der Waals surface area contributed by atoms with Crippen LogP contribution in [0.5, 0.6) is 0 Å². The number of carbonyl (C=O) groups excluding carboxylic acids is 2. The van der Waals surface area contributed by atoms with Crippen LogP contribution in [0.25, 0.3) is 0 Å². The summed E-state index contributed by atoms with van der Waals surface area (Å²) < 4.78 is 18.3. The van der Waals surface area contributed by atoms with Crippen molar-refractivity contribution in [3.8, 4) is 0 Å². The Balaban J connectivity index is 1.54. The first kappa shape index (κ1) is 19.8. The van der Waals surface area contributed by atoms with Crippen LogP contribution in [0.3, 0.4) is 0 Å². The van der Waals surface area contributed by atoms with Crippen LogP contribution >= 0.6 is 0 Å². The van der Waals surface area contributed by atoms with Crippen molar-refractivity contribution in [3.63, 3.8) is 0 Å². The summed E-state index contributed by atoms with van der Waals surface area (Å²) in [7, 11) is 1.63. The Labute approximate surface area is 163 Å². The lowest BCUT2D eigenvalue weighted by Crippen LogP contribution is -2.33. The first-order valence-corrected chi connectivity index (χ1v) is 9.19. The topological polar surface area (TPSA) is 70.7 Å². The van der Waals surface area contributed by atoms with Gasteiger partial charge < -0.3 is 20.3 Å². The molecule has 1 heterocycles. The Bertz CT molecular complexity index is 854. The van der Waals surface area contributed by atoms with Gasteiger partial charge in [-0.05, 0) is 60.9 Å². The van der Waals surface area contributed by atoms with Crippen molar-refractivity contribution in [2.75, 3.05) is 19.0 Å². The molecule has 0 saturated heterocycles. The average molecular weight is 385 g/mol. The average Bonchev–Trinajstić information content (AvgIpc) is 3.10. The maximum absolute atomic E-state index is 13.3. The lowest BCUT2D eigenvalue weighted by Gasteiger charge is -2.17. The highest BCUT2D eigenvalue weighted by Gasteiger charge is 2.23. The molecule has 0 fully saturated rings. The minimum Gasteiger partial charge on any atom is -0.385 e. The number of benzene rings is 2. The summed E-state index contributed by atoms with van der Waals surface area (Å²) in [5.74, 6) is -0.468. The Morgan fingerprint density at radius 3 is 2.57 bits per heavy atom. The van der Waals surface area contributed by atoms with E-state index >= 15 is 0 Å². The molecular formula is C21H24FN3O3. The van der Waals surface area contributed by atoms with Crippen molar-refractivity contribution in [2.45, 2.75) is 32.5 Å². The number of ether oxygens (including phenoxy) is 1. The molecule has 2 N–H and O–H groups in total. The highest BCUT2D eigenvalue weighted by Crippen LogP contribution is 2.24. The summed E-state index contributed by atoms with van der Waals surface area (Å²) in [4.78, 5) is 26.3. The molecule has 0 aliphatic carbocycles. The SMILES string of the molecule is COCCC(C)NC(=O)c1ccc(NC(=O)N2Cc3ccc(F)cc3C2)cc1. The minimum absolute atomic E-state index is 0.00784. The molecular weight excluding hydrogens is 361 g/mol. The lowest BCUT2D eigenvalue weighted by molar-refractivity contribution is 0.0929. The third kappa shape index (κ3) is 4.86. The number of nitrogens with one attached hydrogen (secondary N) is 2. The van der Waals surface area contributed by atoms with Gasteiger partial charge in [-0.1, -0.05) is 6.07 Å². The quantitative estimate of drug-likeness (QED) is 0.799. The molecule has 0 spiro atoms. The van der Waals surface area contributed by atoms with Crippen molar-refractivity contribution >= 4 is 17.6 Å². The highest BCUT2D eigenvalue weighted by molar-refractivity contribution is 5.95. The molecule has 28 heavy (non-hydrogen) atoms. The van der Waals surface area contributed by atoms with Gasteiger partial charge in [0.1, 0.15) is 5.82 Å². The number of fused-ring (bicyclic) bond motifs is 1. The van der Waals surface area contributed by atoms with E-state index in [0.717, 1.165) is 17.5 Å². The molecule has 3 rings (SSSR count). The second-order valence-corrected chi connectivity index (χ2v) is 6.93. The van der Waals surface area contributed by atoms with Gasteiger partial charge in [0, 0.05) is 44.1 Å². The van der Waals surface area contributed by atoms with Crippen molar-refractivity contribution in [2.24, 2.45) is 0 Å². The van der Waals surface area contributed by atoms with Crippen molar-refractivity contribution in [1.82, 2.24) is 10.2 Å². The van der Waals surface area contributed by atoms with Crippen LogP contribution in [0.1, 0.15) is 34.8 Å². The van der Waals surface area contributed by atoms with Gasteiger partial charge in [-0.15, -0.1) is 0 Å². The Hall–Kier alpha value is -2.93. The molecule has 0 bridgehead atoms. The van der Waals surface area contributed by atoms with Gasteiger partial charge in [0.25, 0.3) is 5.91 Å². The number of methoxy groups -OCH3 is 1. The largest absolute Gasteiger partial charge is 0.385 e. The van der Waals surface area contributed by atoms with Crippen LogP contribution in [-0.4, -0.2) is 36.6 Å². The summed E-state index contributed by atoms with van der Waals surface area (Å²) in [6.45, 7) is 3.32. The molecule has 7 heteroatoms. The van der Waals surface area contributed by atoms with Crippen LogP contribution in [0, 0.1) is 5.82 Å². The van der Waals surface area contributed by atoms with E-state index in [1.807, 2.05) is 6.92 Å². The van der Waals surface area contributed by atoms with Crippen LogP contribution in [0.4, 0.5) is 14.9 Å². The number of hydrogen-bond donors (Lipinski definition) is 2. The number of halogens is 1. The molecule has 1 aliphatic heterocycles. The Morgan fingerprint density at radius 1 is 1.14 bits per heavy atom. The van der Waals surface area contributed by atoms with E-state index < -0.39 is 0 Å². The number of nitrogens with zero attached hydrogens (tertiary/aromatic N) is 1. The van der Waals surface area contributed by atoms with Crippen LogP contribution in [0.2, 0.25) is 0 Å². The number of anilines is 1. The number of amides is 3. The summed E-state index contributed by atoms with van der Waals surface area (Å²) >= 11 is 0. The number of urea groups is 1. The van der Waals surface area contributed by atoms with E-state index in [2.05, 4.69) is 10.6 Å². The smallest absolute Gasteiger partial charge is 0.322 e. The lowest BCUT2D eigenvalue weighted by atomic mass is 10.1.